The molecule has 0 aliphatic rings. The van der Waals surface area contributed by atoms with Crippen LogP contribution in [0.5, 0.6) is 0 Å². The topological polar surface area (TPSA) is 73.0 Å². The summed E-state index contributed by atoms with van der Waals surface area (Å²) >= 11 is 0. The third-order valence-electron chi connectivity index (χ3n) is 4.21. The monoisotopic (exact) mass is 344 g/mol. The zero-order valence-corrected chi connectivity index (χ0v) is 14.8. The number of hydrogen-bond donors (Lipinski definition) is 1. The second-order valence-electron chi connectivity index (χ2n) is 6.39. The van der Waals surface area contributed by atoms with E-state index in [1.54, 1.807) is 13.0 Å². The molecule has 0 saturated heterocycles. The number of carbonyl (C=O) groups excluding carboxylic acids is 1. The number of benzene rings is 1. The molecule has 1 aromatic carbocycles. The van der Waals surface area contributed by atoms with Crippen molar-refractivity contribution in [1.29, 1.82) is 0 Å². The lowest BCUT2D eigenvalue weighted by Crippen LogP contribution is -2.27. The molecule has 0 aliphatic heterocycles. The SMILES string of the molecule is Cc1noc(C(C)C)c1C(=O)NCCc1nc2cc(F)ccc2n1C. The molecule has 2 aromatic heterocycles. The summed E-state index contributed by atoms with van der Waals surface area (Å²) in [7, 11) is 1.88. The standard InChI is InChI=1S/C18H21FN4O2/c1-10(2)17-16(11(3)22-25-17)18(24)20-8-7-15-21-13-9-12(19)5-6-14(13)23(15)4/h5-6,9-10H,7-8H2,1-4H3,(H,20,24). The summed E-state index contributed by atoms with van der Waals surface area (Å²) in [4.78, 5) is 16.9. The minimum atomic E-state index is -0.311. The van der Waals surface area contributed by atoms with Gasteiger partial charge in [0.25, 0.3) is 5.91 Å². The Hall–Kier alpha value is -2.70. The molecule has 6 nitrogen and oxygen atoms in total. The van der Waals surface area contributed by atoms with E-state index in [0.29, 0.717) is 35.5 Å². The Bertz CT molecular complexity index is 927. The molecule has 0 unspecified atom stereocenters. The second-order valence-corrected chi connectivity index (χ2v) is 6.39. The van der Waals surface area contributed by atoms with Gasteiger partial charge in [-0.1, -0.05) is 19.0 Å². The fraction of sp³-hybridized carbons (Fsp3) is 0.389. The van der Waals surface area contributed by atoms with Crippen molar-refractivity contribution in [2.75, 3.05) is 6.54 Å². The lowest BCUT2D eigenvalue weighted by molar-refractivity contribution is 0.0951. The van der Waals surface area contributed by atoms with Crippen molar-refractivity contribution in [3.63, 3.8) is 0 Å². The Kier molecular flexibility index (Phi) is 4.57. The van der Waals surface area contributed by atoms with Gasteiger partial charge in [-0.3, -0.25) is 4.79 Å². The van der Waals surface area contributed by atoms with E-state index in [4.69, 9.17) is 4.52 Å². The molecular weight excluding hydrogens is 323 g/mol. The molecule has 0 bridgehead atoms. The zero-order chi connectivity index (χ0) is 18.1. The maximum atomic E-state index is 13.3. The first-order valence-corrected chi connectivity index (χ1v) is 8.23. The molecule has 3 rings (SSSR count). The van der Waals surface area contributed by atoms with Gasteiger partial charge >= 0.3 is 0 Å². The smallest absolute Gasteiger partial charge is 0.256 e. The van der Waals surface area contributed by atoms with E-state index in [1.807, 2.05) is 25.5 Å². The van der Waals surface area contributed by atoms with Crippen molar-refractivity contribution in [3.05, 3.63) is 46.9 Å². The summed E-state index contributed by atoms with van der Waals surface area (Å²) < 4.78 is 20.5. The quantitative estimate of drug-likeness (QED) is 0.772. The zero-order valence-electron chi connectivity index (χ0n) is 14.8. The predicted molar refractivity (Wildman–Crippen MR) is 92.0 cm³/mol. The van der Waals surface area contributed by atoms with E-state index in [9.17, 15) is 9.18 Å². The first kappa shape index (κ1) is 17.1. The van der Waals surface area contributed by atoms with Crippen LogP contribution in [0.4, 0.5) is 4.39 Å². The highest BCUT2D eigenvalue weighted by molar-refractivity contribution is 5.96. The van der Waals surface area contributed by atoms with Gasteiger partial charge in [0.05, 0.1) is 16.7 Å². The molecule has 2 heterocycles. The van der Waals surface area contributed by atoms with Crippen LogP contribution < -0.4 is 5.32 Å². The van der Waals surface area contributed by atoms with Gasteiger partial charge < -0.3 is 14.4 Å². The Morgan fingerprint density at radius 2 is 2.16 bits per heavy atom. The normalized spacial score (nSPS) is 11.4. The van der Waals surface area contributed by atoms with Gasteiger partial charge in [0, 0.05) is 32.0 Å². The lowest BCUT2D eigenvalue weighted by atomic mass is 10.0. The van der Waals surface area contributed by atoms with Gasteiger partial charge in [-0.05, 0) is 19.1 Å². The molecule has 0 atom stereocenters. The van der Waals surface area contributed by atoms with E-state index in [0.717, 1.165) is 11.3 Å². The third-order valence-corrected chi connectivity index (χ3v) is 4.21. The number of nitrogens with one attached hydrogen (secondary N) is 1. The van der Waals surface area contributed by atoms with Crippen LogP contribution in [0.3, 0.4) is 0 Å². The number of rotatable bonds is 5. The van der Waals surface area contributed by atoms with Crippen LogP contribution in [-0.4, -0.2) is 27.2 Å². The van der Waals surface area contributed by atoms with Gasteiger partial charge in [-0.15, -0.1) is 0 Å². The fourth-order valence-corrected chi connectivity index (χ4v) is 2.88. The summed E-state index contributed by atoms with van der Waals surface area (Å²) in [5.41, 5.74) is 2.56. The van der Waals surface area contributed by atoms with Crippen molar-refractivity contribution in [2.24, 2.45) is 7.05 Å². The lowest BCUT2D eigenvalue weighted by Gasteiger charge is -2.07. The van der Waals surface area contributed by atoms with Gasteiger partial charge in [-0.25, -0.2) is 9.37 Å². The Morgan fingerprint density at radius 3 is 2.88 bits per heavy atom. The highest BCUT2D eigenvalue weighted by atomic mass is 19.1. The van der Waals surface area contributed by atoms with Crippen molar-refractivity contribution in [2.45, 2.75) is 33.1 Å². The van der Waals surface area contributed by atoms with Crippen molar-refractivity contribution in [1.82, 2.24) is 20.0 Å². The van der Waals surface area contributed by atoms with E-state index >= 15 is 0 Å². The predicted octanol–water partition coefficient (Wildman–Crippen LogP) is 3.10. The number of imidazole rings is 1. The first-order chi connectivity index (χ1) is 11.9. The molecule has 3 aromatic rings. The highest BCUT2D eigenvalue weighted by Crippen LogP contribution is 2.22. The third kappa shape index (κ3) is 3.26. The van der Waals surface area contributed by atoms with Gasteiger partial charge in [0.2, 0.25) is 0 Å². The molecule has 0 fully saturated rings. The van der Waals surface area contributed by atoms with Crippen molar-refractivity contribution < 1.29 is 13.7 Å². The van der Waals surface area contributed by atoms with Crippen LogP contribution in [0.25, 0.3) is 11.0 Å². The van der Waals surface area contributed by atoms with E-state index in [2.05, 4.69) is 15.5 Å². The average molecular weight is 344 g/mol. The maximum absolute atomic E-state index is 13.3. The fourth-order valence-electron chi connectivity index (χ4n) is 2.88. The number of halogens is 1. The molecule has 1 amide bonds. The molecule has 25 heavy (non-hydrogen) atoms. The Balaban J connectivity index is 1.70. The largest absolute Gasteiger partial charge is 0.360 e. The van der Waals surface area contributed by atoms with Crippen LogP contribution >= 0.6 is 0 Å². The van der Waals surface area contributed by atoms with Crippen molar-refractivity contribution in [3.8, 4) is 0 Å². The molecule has 0 aliphatic carbocycles. The Labute approximate surface area is 145 Å². The molecule has 7 heteroatoms. The first-order valence-electron chi connectivity index (χ1n) is 8.23. The molecule has 0 radical (unpaired) electrons. The molecular formula is C18H21FN4O2. The van der Waals surface area contributed by atoms with Gasteiger partial charge in [-0.2, -0.15) is 0 Å². The van der Waals surface area contributed by atoms with Crippen LogP contribution in [-0.2, 0) is 13.5 Å². The second kappa shape index (κ2) is 6.66. The van der Waals surface area contributed by atoms with Crippen LogP contribution in [0.1, 0.15) is 47.4 Å². The Morgan fingerprint density at radius 1 is 1.40 bits per heavy atom. The number of carbonyl (C=O) groups is 1. The number of amides is 1. The summed E-state index contributed by atoms with van der Waals surface area (Å²) in [6.45, 7) is 6.08. The number of hydrogen-bond acceptors (Lipinski definition) is 4. The van der Waals surface area contributed by atoms with E-state index in [-0.39, 0.29) is 17.6 Å². The molecule has 0 saturated carbocycles. The number of aromatic nitrogens is 3. The number of nitrogens with zero attached hydrogens (tertiary/aromatic N) is 3. The average Bonchev–Trinajstić information content (AvgIpc) is 3.08. The van der Waals surface area contributed by atoms with Gasteiger partial charge in [0.15, 0.2) is 5.76 Å². The summed E-state index contributed by atoms with van der Waals surface area (Å²) in [6.07, 6.45) is 0.542. The van der Waals surface area contributed by atoms with E-state index in [1.165, 1.54) is 12.1 Å². The van der Waals surface area contributed by atoms with Crippen molar-refractivity contribution >= 4 is 16.9 Å². The summed E-state index contributed by atoms with van der Waals surface area (Å²) in [6, 6.07) is 4.53. The highest BCUT2D eigenvalue weighted by Gasteiger charge is 2.22. The van der Waals surface area contributed by atoms with Crippen LogP contribution in [0, 0.1) is 12.7 Å². The number of fused-ring (bicyclic) bond motifs is 1. The molecule has 132 valence electrons. The van der Waals surface area contributed by atoms with E-state index < -0.39 is 0 Å². The summed E-state index contributed by atoms with van der Waals surface area (Å²) in [5, 5.41) is 6.77. The summed E-state index contributed by atoms with van der Waals surface area (Å²) in [5.74, 6) is 0.943. The van der Waals surface area contributed by atoms with Gasteiger partial charge in [0.1, 0.15) is 17.2 Å². The maximum Gasteiger partial charge on any atom is 0.256 e. The minimum Gasteiger partial charge on any atom is -0.360 e. The molecule has 0 spiro atoms. The molecule has 1 N–H and O–H groups in total. The number of aryl methyl sites for hydroxylation is 2. The van der Waals surface area contributed by atoms with Crippen LogP contribution in [0.15, 0.2) is 22.7 Å². The van der Waals surface area contributed by atoms with Crippen LogP contribution in [0.2, 0.25) is 0 Å². The minimum absolute atomic E-state index is 0.0803.